The molecule has 4 rings (SSSR count). The van der Waals surface area contributed by atoms with Gasteiger partial charge in [-0.25, -0.2) is 0 Å². The minimum absolute atomic E-state index is 0.0606. The molecule has 0 bridgehead atoms. The molecular formula is C18H22N2O2. The fourth-order valence-electron chi connectivity index (χ4n) is 3.82. The van der Waals surface area contributed by atoms with E-state index in [4.69, 9.17) is 14.2 Å². The van der Waals surface area contributed by atoms with Crippen molar-refractivity contribution in [2.24, 2.45) is 0 Å². The van der Waals surface area contributed by atoms with Gasteiger partial charge in [-0.05, 0) is 31.7 Å². The Balaban J connectivity index is 1.71. The van der Waals surface area contributed by atoms with Gasteiger partial charge >= 0.3 is 0 Å². The molecule has 4 nitrogen and oxygen atoms in total. The van der Waals surface area contributed by atoms with Gasteiger partial charge in [0, 0.05) is 6.61 Å². The normalized spacial score (nSPS) is 24.0. The molecule has 1 saturated heterocycles. The summed E-state index contributed by atoms with van der Waals surface area (Å²) in [5.41, 5.74) is 2.55. The summed E-state index contributed by atoms with van der Waals surface area (Å²) in [5, 5.41) is 4.37. The van der Waals surface area contributed by atoms with Gasteiger partial charge in [0.15, 0.2) is 5.82 Å². The van der Waals surface area contributed by atoms with Gasteiger partial charge in [0.25, 0.3) is 0 Å². The van der Waals surface area contributed by atoms with Crippen LogP contribution in [0.2, 0.25) is 0 Å². The summed E-state index contributed by atoms with van der Waals surface area (Å²) in [5.74, 6) is 1.90. The first-order valence-corrected chi connectivity index (χ1v) is 8.27. The molecule has 0 spiro atoms. The van der Waals surface area contributed by atoms with Crippen molar-refractivity contribution in [1.29, 1.82) is 0 Å². The van der Waals surface area contributed by atoms with E-state index in [2.05, 4.69) is 36.3 Å². The van der Waals surface area contributed by atoms with Crippen LogP contribution in [0.3, 0.4) is 0 Å². The van der Waals surface area contributed by atoms with Gasteiger partial charge in [-0.3, -0.25) is 0 Å². The summed E-state index contributed by atoms with van der Waals surface area (Å²) in [6, 6.07) is 8.83. The molecule has 0 N–H and O–H groups in total. The molecule has 2 aromatic rings. The zero-order valence-corrected chi connectivity index (χ0v) is 13.0. The predicted octanol–water partition coefficient (Wildman–Crippen LogP) is 3.74. The molecule has 4 heteroatoms. The quantitative estimate of drug-likeness (QED) is 0.866. The third kappa shape index (κ3) is 2.26. The zero-order valence-electron chi connectivity index (χ0n) is 13.0. The molecule has 2 fully saturated rings. The summed E-state index contributed by atoms with van der Waals surface area (Å²) in [4.78, 5) is 4.79. The smallest absolute Gasteiger partial charge is 0.232 e. The number of benzene rings is 1. The fraction of sp³-hybridized carbons (Fsp3) is 0.556. The van der Waals surface area contributed by atoms with Gasteiger partial charge in [0.1, 0.15) is 0 Å². The van der Waals surface area contributed by atoms with E-state index in [1.54, 1.807) is 0 Å². The van der Waals surface area contributed by atoms with Crippen molar-refractivity contribution >= 4 is 0 Å². The standard InChI is InChI=1S/C18H22N2O2/c1-13-4-6-15(7-5-13)18(9-2-3-10-18)17-19-16(22-20-17)14-8-11-21-12-14/h4-7,14H,2-3,8-12H2,1H3. The highest BCUT2D eigenvalue weighted by Gasteiger charge is 2.42. The third-order valence-corrected chi connectivity index (χ3v) is 5.21. The molecule has 1 aromatic heterocycles. The topological polar surface area (TPSA) is 48.2 Å². The predicted molar refractivity (Wildman–Crippen MR) is 82.9 cm³/mol. The summed E-state index contributed by atoms with van der Waals surface area (Å²) in [6.45, 7) is 3.63. The lowest BCUT2D eigenvalue weighted by Crippen LogP contribution is -2.25. The SMILES string of the molecule is Cc1ccc(C2(c3noc(C4CCOC4)n3)CCCC2)cc1. The Morgan fingerprint density at radius 1 is 1.14 bits per heavy atom. The number of nitrogens with zero attached hydrogens (tertiary/aromatic N) is 2. The van der Waals surface area contributed by atoms with Gasteiger partial charge in [0.05, 0.1) is 17.9 Å². The van der Waals surface area contributed by atoms with Gasteiger partial charge in [-0.2, -0.15) is 4.98 Å². The van der Waals surface area contributed by atoms with Crippen molar-refractivity contribution in [2.75, 3.05) is 13.2 Å². The number of ether oxygens (including phenoxy) is 1. The molecule has 1 unspecified atom stereocenters. The molecule has 1 atom stereocenters. The van der Waals surface area contributed by atoms with Crippen molar-refractivity contribution in [2.45, 2.75) is 50.4 Å². The summed E-state index contributed by atoms with van der Waals surface area (Å²) in [7, 11) is 0. The largest absolute Gasteiger partial charge is 0.381 e. The second-order valence-corrected chi connectivity index (χ2v) is 6.67. The molecule has 1 aliphatic carbocycles. The Hall–Kier alpha value is -1.68. The number of aromatic nitrogens is 2. The zero-order chi connectivity index (χ0) is 15.0. The number of rotatable bonds is 3. The van der Waals surface area contributed by atoms with Crippen LogP contribution in [0.1, 0.15) is 60.9 Å². The summed E-state index contributed by atoms with van der Waals surface area (Å²) in [6.07, 6.45) is 5.65. The van der Waals surface area contributed by atoms with E-state index in [-0.39, 0.29) is 11.3 Å². The maximum atomic E-state index is 5.59. The summed E-state index contributed by atoms with van der Waals surface area (Å²) < 4.78 is 11.0. The van der Waals surface area contributed by atoms with E-state index in [1.165, 1.54) is 24.0 Å². The molecule has 0 radical (unpaired) electrons. The monoisotopic (exact) mass is 298 g/mol. The lowest BCUT2D eigenvalue weighted by atomic mass is 9.78. The highest BCUT2D eigenvalue weighted by Crippen LogP contribution is 2.45. The van der Waals surface area contributed by atoms with E-state index in [0.29, 0.717) is 6.61 Å². The van der Waals surface area contributed by atoms with E-state index >= 15 is 0 Å². The number of hydrogen-bond donors (Lipinski definition) is 0. The minimum atomic E-state index is -0.0606. The lowest BCUT2D eigenvalue weighted by molar-refractivity contribution is 0.189. The van der Waals surface area contributed by atoms with Crippen LogP contribution in [0, 0.1) is 6.92 Å². The first-order valence-electron chi connectivity index (χ1n) is 8.27. The van der Waals surface area contributed by atoms with E-state index < -0.39 is 0 Å². The van der Waals surface area contributed by atoms with Gasteiger partial charge in [-0.15, -0.1) is 0 Å². The number of hydrogen-bond acceptors (Lipinski definition) is 4. The molecule has 1 saturated carbocycles. The van der Waals surface area contributed by atoms with Gasteiger partial charge < -0.3 is 9.26 Å². The van der Waals surface area contributed by atoms with Crippen molar-refractivity contribution < 1.29 is 9.26 Å². The molecule has 2 heterocycles. The van der Waals surface area contributed by atoms with E-state index in [1.807, 2.05) is 0 Å². The van der Waals surface area contributed by atoms with Crippen LogP contribution in [0.15, 0.2) is 28.8 Å². The fourth-order valence-corrected chi connectivity index (χ4v) is 3.82. The molecular weight excluding hydrogens is 276 g/mol. The first-order chi connectivity index (χ1) is 10.8. The average molecular weight is 298 g/mol. The second kappa shape index (κ2) is 5.51. The van der Waals surface area contributed by atoms with Crippen LogP contribution in [-0.2, 0) is 10.2 Å². The number of aryl methyl sites for hydroxylation is 1. The van der Waals surface area contributed by atoms with Crippen LogP contribution >= 0.6 is 0 Å². The first kappa shape index (κ1) is 13.9. The van der Waals surface area contributed by atoms with Gasteiger partial charge in [-0.1, -0.05) is 47.8 Å². The Kier molecular flexibility index (Phi) is 3.49. The van der Waals surface area contributed by atoms with Crippen LogP contribution in [0.4, 0.5) is 0 Å². The lowest BCUT2D eigenvalue weighted by Gasteiger charge is -2.26. The Labute approximate surface area is 130 Å². The highest BCUT2D eigenvalue weighted by atomic mass is 16.5. The second-order valence-electron chi connectivity index (χ2n) is 6.67. The Morgan fingerprint density at radius 3 is 2.59 bits per heavy atom. The summed E-state index contributed by atoms with van der Waals surface area (Å²) >= 11 is 0. The van der Waals surface area contributed by atoms with Crippen molar-refractivity contribution in [1.82, 2.24) is 10.1 Å². The third-order valence-electron chi connectivity index (χ3n) is 5.21. The molecule has 0 amide bonds. The van der Waals surface area contributed by atoms with Crippen molar-refractivity contribution in [3.05, 3.63) is 47.1 Å². The van der Waals surface area contributed by atoms with E-state index in [9.17, 15) is 0 Å². The van der Waals surface area contributed by atoms with Crippen LogP contribution < -0.4 is 0 Å². The Morgan fingerprint density at radius 2 is 1.91 bits per heavy atom. The van der Waals surface area contributed by atoms with Crippen LogP contribution in [0.25, 0.3) is 0 Å². The van der Waals surface area contributed by atoms with Crippen molar-refractivity contribution in [3.8, 4) is 0 Å². The van der Waals surface area contributed by atoms with E-state index in [0.717, 1.165) is 37.6 Å². The maximum Gasteiger partial charge on any atom is 0.232 e. The maximum absolute atomic E-state index is 5.59. The Bertz CT molecular complexity index is 635. The minimum Gasteiger partial charge on any atom is -0.381 e. The molecule has 116 valence electrons. The van der Waals surface area contributed by atoms with Crippen LogP contribution in [0.5, 0.6) is 0 Å². The molecule has 1 aliphatic heterocycles. The molecule has 22 heavy (non-hydrogen) atoms. The van der Waals surface area contributed by atoms with Crippen LogP contribution in [-0.4, -0.2) is 23.4 Å². The average Bonchev–Trinajstić information content (AvgIpc) is 3.28. The van der Waals surface area contributed by atoms with Gasteiger partial charge in [0.2, 0.25) is 5.89 Å². The molecule has 1 aromatic carbocycles. The van der Waals surface area contributed by atoms with Crippen molar-refractivity contribution in [3.63, 3.8) is 0 Å². The highest BCUT2D eigenvalue weighted by molar-refractivity contribution is 5.35. The molecule has 2 aliphatic rings.